The predicted molar refractivity (Wildman–Crippen MR) is 50.2 cm³/mol. The molecule has 70 valence electrons. The number of carbonyl (C=O) groups is 1. The Bertz CT molecular complexity index is 347. The SMILES string of the molecule is CC(=O)Nc1ccc(F)c(C)c1C. The predicted octanol–water partition coefficient (Wildman–Crippen LogP) is 2.40. The molecule has 1 amide bonds. The zero-order valence-electron chi connectivity index (χ0n) is 7.94. The minimum atomic E-state index is -0.244. The van der Waals surface area contributed by atoms with Crippen LogP contribution in [0, 0.1) is 19.7 Å². The first-order valence-electron chi connectivity index (χ1n) is 4.05. The number of amides is 1. The van der Waals surface area contributed by atoms with E-state index >= 15 is 0 Å². The molecule has 0 aliphatic rings. The summed E-state index contributed by atoms with van der Waals surface area (Å²) in [6.07, 6.45) is 0. The van der Waals surface area contributed by atoms with Crippen molar-refractivity contribution in [2.75, 3.05) is 5.32 Å². The van der Waals surface area contributed by atoms with Crippen LogP contribution in [-0.2, 0) is 4.79 Å². The second-order valence-electron chi connectivity index (χ2n) is 3.03. The maximum atomic E-state index is 13.0. The number of rotatable bonds is 1. The molecule has 0 atom stereocenters. The summed E-state index contributed by atoms with van der Waals surface area (Å²) in [5, 5.41) is 2.64. The van der Waals surface area contributed by atoms with E-state index < -0.39 is 0 Å². The lowest BCUT2D eigenvalue weighted by atomic mass is 10.1. The highest BCUT2D eigenvalue weighted by atomic mass is 19.1. The van der Waals surface area contributed by atoms with Crippen LogP contribution in [-0.4, -0.2) is 5.91 Å². The lowest BCUT2D eigenvalue weighted by Gasteiger charge is -2.09. The smallest absolute Gasteiger partial charge is 0.221 e. The molecule has 2 nitrogen and oxygen atoms in total. The van der Waals surface area contributed by atoms with E-state index in [0.717, 1.165) is 5.56 Å². The number of benzene rings is 1. The molecule has 0 aromatic heterocycles. The van der Waals surface area contributed by atoms with E-state index in [2.05, 4.69) is 5.32 Å². The molecule has 0 fully saturated rings. The van der Waals surface area contributed by atoms with E-state index in [0.29, 0.717) is 11.3 Å². The van der Waals surface area contributed by atoms with Crippen molar-refractivity contribution in [2.45, 2.75) is 20.8 Å². The third kappa shape index (κ3) is 2.05. The van der Waals surface area contributed by atoms with Gasteiger partial charge in [-0.1, -0.05) is 0 Å². The highest BCUT2D eigenvalue weighted by Crippen LogP contribution is 2.20. The van der Waals surface area contributed by atoms with Gasteiger partial charge in [-0.3, -0.25) is 4.79 Å². The average molecular weight is 181 g/mol. The molecule has 1 aromatic rings. The first-order valence-corrected chi connectivity index (χ1v) is 4.05. The summed E-state index contributed by atoms with van der Waals surface area (Å²) in [5.74, 6) is -0.388. The monoisotopic (exact) mass is 181 g/mol. The standard InChI is InChI=1S/C10H12FNO/c1-6-7(2)10(12-8(3)13)5-4-9(6)11/h4-5H,1-3H3,(H,12,13). The molecule has 0 aliphatic heterocycles. The van der Waals surface area contributed by atoms with Crippen LogP contribution < -0.4 is 5.32 Å². The summed E-state index contributed by atoms with van der Waals surface area (Å²) in [5.41, 5.74) is 2.02. The van der Waals surface area contributed by atoms with E-state index in [4.69, 9.17) is 0 Å². The van der Waals surface area contributed by atoms with Crippen LogP contribution >= 0.6 is 0 Å². The number of carbonyl (C=O) groups excluding carboxylic acids is 1. The Labute approximate surface area is 76.8 Å². The van der Waals surface area contributed by atoms with Gasteiger partial charge in [0.1, 0.15) is 5.82 Å². The Morgan fingerprint density at radius 2 is 1.92 bits per heavy atom. The van der Waals surface area contributed by atoms with E-state index in [1.807, 2.05) is 0 Å². The maximum Gasteiger partial charge on any atom is 0.221 e. The van der Waals surface area contributed by atoms with Crippen LogP contribution in [0.5, 0.6) is 0 Å². The van der Waals surface area contributed by atoms with Crippen LogP contribution in [0.1, 0.15) is 18.1 Å². The third-order valence-corrected chi connectivity index (χ3v) is 2.03. The molecular weight excluding hydrogens is 169 g/mol. The molecule has 0 saturated carbocycles. The van der Waals surface area contributed by atoms with Gasteiger partial charge in [0.2, 0.25) is 5.91 Å². The molecule has 0 bridgehead atoms. The first kappa shape index (κ1) is 9.71. The number of hydrogen-bond acceptors (Lipinski definition) is 1. The molecule has 0 unspecified atom stereocenters. The van der Waals surface area contributed by atoms with Crippen molar-refractivity contribution in [1.29, 1.82) is 0 Å². The summed E-state index contributed by atoms with van der Waals surface area (Å²) in [6, 6.07) is 2.92. The maximum absolute atomic E-state index is 13.0. The summed E-state index contributed by atoms with van der Waals surface area (Å²) >= 11 is 0. The van der Waals surface area contributed by atoms with Gasteiger partial charge in [0.15, 0.2) is 0 Å². The largest absolute Gasteiger partial charge is 0.326 e. The van der Waals surface area contributed by atoms with E-state index in [1.165, 1.54) is 13.0 Å². The molecule has 0 heterocycles. The summed E-state index contributed by atoms with van der Waals surface area (Å²) in [6.45, 7) is 4.90. The molecule has 0 radical (unpaired) electrons. The Balaban J connectivity index is 3.10. The minimum Gasteiger partial charge on any atom is -0.326 e. The third-order valence-electron chi connectivity index (χ3n) is 2.03. The van der Waals surface area contributed by atoms with Gasteiger partial charge < -0.3 is 5.32 Å². The van der Waals surface area contributed by atoms with Gasteiger partial charge in [-0.05, 0) is 37.1 Å². The molecule has 13 heavy (non-hydrogen) atoms. The summed E-state index contributed by atoms with van der Waals surface area (Å²) in [4.78, 5) is 10.8. The fourth-order valence-electron chi connectivity index (χ4n) is 1.11. The summed E-state index contributed by atoms with van der Waals surface area (Å²) in [7, 11) is 0. The number of halogens is 1. The second-order valence-corrected chi connectivity index (χ2v) is 3.03. The Morgan fingerprint density at radius 3 is 2.46 bits per heavy atom. The molecule has 3 heteroatoms. The van der Waals surface area contributed by atoms with Gasteiger partial charge in [-0.15, -0.1) is 0 Å². The molecular formula is C10H12FNO. The average Bonchev–Trinajstić information content (AvgIpc) is 2.06. The highest BCUT2D eigenvalue weighted by Gasteiger charge is 2.06. The number of anilines is 1. The van der Waals surface area contributed by atoms with Gasteiger partial charge in [0, 0.05) is 12.6 Å². The van der Waals surface area contributed by atoms with E-state index in [-0.39, 0.29) is 11.7 Å². The van der Waals surface area contributed by atoms with Gasteiger partial charge in [0.05, 0.1) is 0 Å². The number of hydrogen-bond donors (Lipinski definition) is 1. The molecule has 0 saturated heterocycles. The van der Waals surface area contributed by atoms with Gasteiger partial charge >= 0.3 is 0 Å². The van der Waals surface area contributed by atoms with Crippen molar-refractivity contribution >= 4 is 11.6 Å². The topological polar surface area (TPSA) is 29.1 Å². The van der Waals surface area contributed by atoms with E-state index in [1.54, 1.807) is 19.9 Å². The van der Waals surface area contributed by atoms with Crippen molar-refractivity contribution < 1.29 is 9.18 Å². The van der Waals surface area contributed by atoms with Crippen LogP contribution in [0.3, 0.4) is 0 Å². The fraction of sp³-hybridized carbons (Fsp3) is 0.300. The van der Waals surface area contributed by atoms with Crippen molar-refractivity contribution in [2.24, 2.45) is 0 Å². The Kier molecular flexibility index (Phi) is 2.66. The lowest BCUT2D eigenvalue weighted by Crippen LogP contribution is -2.08. The summed E-state index contributed by atoms with van der Waals surface area (Å²) < 4.78 is 13.0. The molecule has 0 spiro atoms. The quantitative estimate of drug-likeness (QED) is 0.708. The van der Waals surface area contributed by atoms with Crippen LogP contribution in [0.4, 0.5) is 10.1 Å². The Hall–Kier alpha value is -1.38. The molecule has 1 N–H and O–H groups in total. The van der Waals surface area contributed by atoms with Crippen molar-refractivity contribution in [1.82, 2.24) is 0 Å². The highest BCUT2D eigenvalue weighted by molar-refractivity contribution is 5.89. The molecule has 0 aliphatic carbocycles. The zero-order valence-corrected chi connectivity index (χ0v) is 7.94. The normalized spacial score (nSPS) is 9.85. The zero-order chi connectivity index (χ0) is 10.0. The van der Waals surface area contributed by atoms with E-state index in [9.17, 15) is 9.18 Å². The lowest BCUT2D eigenvalue weighted by molar-refractivity contribution is -0.114. The van der Waals surface area contributed by atoms with Crippen molar-refractivity contribution in [3.8, 4) is 0 Å². The van der Waals surface area contributed by atoms with Gasteiger partial charge in [0.25, 0.3) is 0 Å². The minimum absolute atomic E-state index is 0.144. The first-order chi connectivity index (χ1) is 6.02. The van der Waals surface area contributed by atoms with Crippen LogP contribution in [0.15, 0.2) is 12.1 Å². The Morgan fingerprint density at radius 1 is 1.31 bits per heavy atom. The van der Waals surface area contributed by atoms with Crippen molar-refractivity contribution in [3.63, 3.8) is 0 Å². The second kappa shape index (κ2) is 3.56. The van der Waals surface area contributed by atoms with Crippen LogP contribution in [0.2, 0.25) is 0 Å². The molecule has 1 aromatic carbocycles. The van der Waals surface area contributed by atoms with Crippen molar-refractivity contribution in [3.05, 3.63) is 29.1 Å². The number of nitrogens with one attached hydrogen (secondary N) is 1. The molecule has 1 rings (SSSR count). The van der Waals surface area contributed by atoms with Crippen LogP contribution in [0.25, 0.3) is 0 Å². The van der Waals surface area contributed by atoms with Gasteiger partial charge in [-0.25, -0.2) is 4.39 Å². The fourth-order valence-corrected chi connectivity index (χ4v) is 1.11. The van der Waals surface area contributed by atoms with Gasteiger partial charge in [-0.2, -0.15) is 0 Å².